The van der Waals surface area contributed by atoms with Crippen LogP contribution < -0.4 is 10.6 Å². The minimum atomic E-state index is 0.0246. The Hall–Kier alpha value is -1.10. The summed E-state index contributed by atoms with van der Waals surface area (Å²) in [7, 11) is 0. The van der Waals surface area contributed by atoms with E-state index in [0.29, 0.717) is 5.82 Å². The second kappa shape index (κ2) is 5.30. The molecular weight excluding hydrogens is 270 g/mol. The Bertz CT molecular complexity index is 362. The van der Waals surface area contributed by atoms with E-state index in [2.05, 4.69) is 31.5 Å². The normalized spacial score (nSPS) is 14.6. The van der Waals surface area contributed by atoms with Gasteiger partial charge < -0.3 is 10.6 Å². The molecule has 0 saturated heterocycles. The molecular formula is C11H14BrN3O. The van der Waals surface area contributed by atoms with E-state index in [1.54, 1.807) is 6.20 Å². The van der Waals surface area contributed by atoms with Crippen LogP contribution in [0.25, 0.3) is 0 Å². The molecule has 0 radical (unpaired) electrons. The minimum absolute atomic E-state index is 0.0246. The highest BCUT2D eigenvalue weighted by Gasteiger charge is 2.21. The smallest absolute Gasteiger partial charge is 0.239 e. The lowest BCUT2D eigenvalue weighted by Crippen LogP contribution is -2.31. The summed E-state index contributed by atoms with van der Waals surface area (Å²) in [6, 6.07) is 3.72. The van der Waals surface area contributed by atoms with Gasteiger partial charge >= 0.3 is 0 Å². The molecule has 5 heteroatoms. The Morgan fingerprint density at radius 3 is 2.94 bits per heavy atom. The van der Waals surface area contributed by atoms with E-state index in [9.17, 15) is 4.79 Å². The molecule has 2 rings (SSSR count). The molecule has 0 aliphatic heterocycles. The zero-order valence-electron chi connectivity index (χ0n) is 8.87. The number of nitrogens with one attached hydrogen (secondary N) is 2. The van der Waals surface area contributed by atoms with E-state index >= 15 is 0 Å². The molecule has 1 amide bonds. The van der Waals surface area contributed by atoms with Gasteiger partial charge in [-0.05, 0) is 46.8 Å². The zero-order chi connectivity index (χ0) is 11.4. The Kier molecular flexibility index (Phi) is 3.77. The van der Waals surface area contributed by atoms with E-state index < -0.39 is 0 Å². The Morgan fingerprint density at radius 1 is 1.50 bits per heavy atom. The molecule has 16 heavy (non-hydrogen) atoms. The van der Waals surface area contributed by atoms with Crippen LogP contribution in [0.4, 0.5) is 5.82 Å². The molecule has 1 heterocycles. The SMILES string of the molecule is O=C(CNc1ccc(Br)cn1)NCC1CC1. The molecule has 0 aromatic carbocycles. The van der Waals surface area contributed by atoms with Crippen LogP contribution >= 0.6 is 15.9 Å². The Morgan fingerprint density at radius 2 is 2.31 bits per heavy atom. The third kappa shape index (κ3) is 3.81. The van der Waals surface area contributed by atoms with Crippen molar-refractivity contribution < 1.29 is 4.79 Å². The number of amides is 1. The molecule has 1 aromatic heterocycles. The predicted octanol–water partition coefficient (Wildman–Crippen LogP) is 1.78. The summed E-state index contributed by atoms with van der Waals surface area (Å²) in [6.07, 6.45) is 4.20. The van der Waals surface area contributed by atoms with Crippen LogP contribution in [-0.4, -0.2) is 24.0 Å². The van der Waals surface area contributed by atoms with Gasteiger partial charge in [0.2, 0.25) is 5.91 Å². The van der Waals surface area contributed by atoms with Crippen molar-refractivity contribution >= 4 is 27.7 Å². The van der Waals surface area contributed by atoms with E-state index in [1.807, 2.05) is 12.1 Å². The zero-order valence-corrected chi connectivity index (χ0v) is 10.5. The summed E-state index contributed by atoms with van der Waals surface area (Å²) in [6.45, 7) is 1.09. The number of hydrogen-bond acceptors (Lipinski definition) is 3. The number of rotatable bonds is 5. The second-order valence-corrected chi connectivity index (χ2v) is 4.88. The third-order valence-electron chi connectivity index (χ3n) is 2.44. The van der Waals surface area contributed by atoms with E-state index in [-0.39, 0.29) is 12.5 Å². The van der Waals surface area contributed by atoms with Crippen LogP contribution in [0.2, 0.25) is 0 Å². The quantitative estimate of drug-likeness (QED) is 0.866. The van der Waals surface area contributed by atoms with Crippen LogP contribution in [0.15, 0.2) is 22.8 Å². The lowest BCUT2D eigenvalue weighted by atomic mass is 10.4. The number of carbonyl (C=O) groups excluding carboxylic acids is 1. The van der Waals surface area contributed by atoms with Crippen molar-refractivity contribution in [2.45, 2.75) is 12.8 Å². The fourth-order valence-electron chi connectivity index (χ4n) is 1.29. The number of anilines is 1. The second-order valence-electron chi connectivity index (χ2n) is 3.96. The molecule has 86 valence electrons. The molecule has 0 unspecified atom stereocenters. The molecule has 0 spiro atoms. The first-order valence-corrected chi connectivity index (χ1v) is 6.15. The van der Waals surface area contributed by atoms with Gasteiger partial charge in [-0.1, -0.05) is 0 Å². The van der Waals surface area contributed by atoms with Crippen LogP contribution in [0, 0.1) is 5.92 Å². The number of halogens is 1. The summed E-state index contributed by atoms with van der Waals surface area (Å²) in [5, 5.41) is 5.86. The summed E-state index contributed by atoms with van der Waals surface area (Å²) in [5.41, 5.74) is 0. The molecule has 4 nitrogen and oxygen atoms in total. The number of carbonyl (C=O) groups is 1. The summed E-state index contributed by atoms with van der Waals surface area (Å²) < 4.78 is 0.927. The number of hydrogen-bond donors (Lipinski definition) is 2. The van der Waals surface area contributed by atoms with Gasteiger partial charge in [0, 0.05) is 17.2 Å². The van der Waals surface area contributed by atoms with Crippen molar-refractivity contribution in [2.24, 2.45) is 5.92 Å². The first-order chi connectivity index (χ1) is 7.74. The van der Waals surface area contributed by atoms with Crippen LogP contribution in [0.5, 0.6) is 0 Å². The predicted molar refractivity (Wildman–Crippen MR) is 66.2 cm³/mol. The number of aromatic nitrogens is 1. The van der Waals surface area contributed by atoms with E-state index in [4.69, 9.17) is 0 Å². The van der Waals surface area contributed by atoms with Crippen molar-refractivity contribution in [3.05, 3.63) is 22.8 Å². The molecule has 1 saturated carbocycles. The highest BCUT2D eigenvalue weighted by molar-refractivity contribution is 9.10. The molecule has 1 fully saturated rings. The monoisotopic (exact) mass is 283 g/mol. The standard InChI is InChI=1S/C11H14BrN3O/c12-9-3-4-10(13-6-9)14-7-11(16)15-5-8-1-2-8/h3-4,6,8H,1-2,5,7H2,(H,13,14)(H,15,16). The lowest BCUT2D eigenvalue weighted by Gasteiger charge is -2.06. The van der Waals surface area contributed by atoms with E-state index in [0.717, 1.165) is 16.9 Å². The maximum absolute atomic E-state index is 11.4. The Balaban J connectivity index is 1.69. The highest BCUT2D eigenvalue weighted by atomic mass is 79.9. The molecule has 1 aromatic rings. The molecule has 0 bridgehead atoms. The first-order valence-electron chi connectivity index (χ1n) is 5.36. The number of pyridine rings is 1. The fourth-order valence-corrected chi connectivity index (χ4v) is 1.53. The topological polar surface area (TPSA) is 54.0 Å². The molecule has 1 aliphatic carbocycles. The minimum Gasteiger partial charge on any atom is -0.361 e. The number of nitrogens with zero attached hydrogens (tertiary/aromatic N) is 1. The molecule has 2 N–H and O–H groups in total. The van der Waals surface area contributed by atoms with Gasteiger partial charge in [0.1, 0.15) is 5.82 Å². The first kappa shape index (κ1) is 11.4. The van der Waals surface area contributed by atoms with Crippen molar-refractivity contribution in [3.63, 3.8) is 0 Å². The van der Waals surface area contributed by atoms with E-state index in [1.165, 1.54) is 12.8 Å². The Labute approximate surface area is 103 Å². The van der Waals surface area contributed by atoms with Gasteiger partial charge in [0.15, 0.2) is 0 Å². The van der Waals surface area contributed by atoms with Gasteiger partial charge in [-0.15, -0.1) is 0 Å². The summed E-state index contributed by atoms with van der Waals surface area (Å²) >= 11 is 3.30. The van der Waals surface area contributed by atoms with Crippen molar-refractivity contribution in [1.82, 2.24) is 10.3 Å². The van der Waals surface area contributed by atoms with Crippen LogP contribution in [-0.2, 0) is 4.79 Å². The summed E-state index contributed by atoms with van der Waals surface area (Å²) in [5.74, 6) is 1.45. The lowest BCUT2D eigenvalue weighted by molar-refractivity contribution is -0.119. The summed E-state index contributed by atoms with van der Waals surface area (Å²) in [4.78, 5) is 15.5. The molecule has 0 atom stereocenters. The third-order valence-corrected chi connectivity index (χ3v) is 2.91. The molecule has 1 aliphatic rings. The fraction of sp³-hybridized carbons (Fsp3) is 0.455. The van der Waals surface area contributed by atoms with Gasteiger partial charge in [-0.3, -0.25) is 4.79 Å². The maximum Gasteiger partial charge on any atom is 0.239 e. The van der Waals surface area contributed by atoms with Crippen LogP contribution in [0.1, 0.15) is 12.8 Å². The highest BCUT2D eigenvalue weighted by Crippen LogP contribution is 2.27. The largest absolute Gasteiger partial charge is 0.361 e. The average molecular weight is 284 g/mol. The van der Waals surface area contributed by atoms with Crippen molar-refractivity contribution in [3.8, 4) is 0 Å². The van der Waals surface area contributed by atoms with Gasteiger partial charge in [-0.25, -0.2) is 4.98 Å². The average Bonchev–Trinajstić information content (AvgIpc) is 3.09. The van der Waals surface area contributed by atoms with Crippen molar-refractivity contribution in [1.29, 1.82) is 0 Å². The van der Waals surface area contributed by atoms with Gasteiger partial charge in [0.05, 0.1) is 6.54 Å². The van der Waals surface area contributed by atoms with Crippen molar-refractivity contribution in [2.75, 3.05) is 18.4 Å². The maximum atomic E-state index is 11.4. The van der Waals surface area contributed by atoms with Gasteiger partial charge in [0.25, 0.3) is 0 Å². The van der Waals surface area contributed by atoms with Crippen LogP contribution in [0.3, 0.4) is 0 Å². The van der Waals surface area contributed by atoms with Gasteiger partial charge in [-0.2, -0.15) is 0 Å².